The highest BCUT2D eigenvalue weighted by atomic mass is 16.5. The van der Waals surface area contributed by atoms with E-state index in [0.29, 0.717) is 11.3 Å². The summed E-state index contributed by atoms with van der Waals surface area (Å²) in [5, 5.41) is 12.0. The molecule has 2 aromatic heterocycles. The van der Waals surface area contributed by atoms with E-state index in [1.165, 1.54) is 12.4 Å². The molecule has 0 fully saturated rings. The first-order valence-electron chi connectivity index (χ1n) is 8.10. The Hall–Kier alpha value is -3.48. The molecular formula is C19H16N4O3. The third-order valence-electron chi connectivity index (χ3n) is 4.27. The number of nitrogens with zero attached hydrogens (tertiary/aromatic N) is 4. The van der Waals surface area contributed by atoms with Crippen LogP contribution in [0.2, 0.25) is 0 Å². The van der Waals surface area contributed by atoms with Crippen LogP contribution in [0.25, 0.3) is 16.7 Å². The van der Waals surface area contributed by atoms with E-state index in [1.54, 1.807) is 4.68 Å². The van der Waals surface area contributed by atoms with E-state index < -0.39 is 0 Å². The Balaban J connectivity index is 1.65. The summed E-state index contributed by atoms with van der Waals surface area (Å²) in [6.45, 7) is 4.27. The fourth-order valence-corrected chi connectivity index (χ4v) is 2.76. The topological polar surface area (TPSA) is 83.0 Å². The lowest BCUT2D eigenvalue weighted by atomic mass is 10.0. The van der Waals surface area contributed by atoms with Crippen LogP contribution in [0, 0.1) is 13.8 Å². The molecule has 4 rings (SSSR count). The molecule has 0 radical (unpaired) electrons. The fraction of sp³-hybridized carbons (Fsp3) is 0.158. The van der Waals surface area contributed by atoms with Gasteiger partial charge in [0.2, 0.25) is 0 Å². The molecule has 0 amide bonds. The monoisotopic (exact) mass is 348 g/mol. The Labute approximate surface area is 148 Å². The number of fused-ring (bicyclic) bond motifs is 1. The molecule has 0 saturated heterocycles. The maximum Gasteiger partial charge on any atom is 0.336 e. The second kappa shape index (κ2) is 6.44. The minimum Gasteiger partial charge on any atom is -0.489 e. The van der Waals surface area contributed by atoms with Gasteiger partial charge >= 0.3 is 5.63 Å². The SMILES string of the molecule is Cc1cc2oc(=O)cc(COc3cccc(-n4cnnn4)c3)c2cc1C. The molecule has 7 heteroatoms. The molecule has 0 N–H and O–H groups in total. The number of ether oxygens (including phenoxy) is 1. The molecule has 2 heterocycles. The van der Waals surface area contributed by atoms with Crippen molar-refractivity contribution < 1.29 is 9.15 Å². The summed E-state index contributed by atoms with van der Waals surface area (Å²) in [6, 6.07) is 12.8. The minimum absolute atomic E-state index is 0.254. The fourth-order valence-electron chi connectivity index (χ4n) is 2.76. The molecule has 0 atom stereocenters. The Kier molecular flexibility index (Phi) is 3.96. The van der Waals surface area contributed by atoms with E-state index in [9.17, 15) is 4.79 Å². The smallest absolute Gasteiger partial charge is 0.336 e. The van der Waals surface area contributed by atoms with Crippen LogP contribution in [0.1, 0.15) is 16.7 Å². The second-order valence-electron chi connectivity index (χ2n) is 6.06. The van der Waals surface area contributed by atoms with Gasteiger partial charge in [-0.1, -0.05) is 6.07 Å². The highest BCUT2D eigenvalue weighted by Crippen LogP contribution is 2.23. The second-order valence-corrected chi connectivity index (χ2v) is 6.06. The van der Waals surface area contributed by atoms with Crippen molar-refractivity contribution in [2.24, 2.45) is 0 Å². The molecule has 130 valence electrons. The van der Waals surface area contributed by atoms with Gasteiger partial charge in [0.05, 0.1) is 5.69 Å². The molecule has 0 aliphatic carbocycles. The summed E-state index contributed by atoms with van der Waals surface area (Å²) >= 11 is 0. The maximum atomic E-state index is 11.9. The summed E-state index contributed by atoms with van der Waals surface area (Å²) in [7, 11) is 0. The van der Waals surface area contributed by atoms with Crippen molar-refractivity contribution in [2.45, 2.75) is 20.5 Å². The third-order valence-corrected chi connectivity index (χ3v) is 4.27. The van der Waals surface area contributed by atoms with E-state index in [-0.39, 0.29) is 12.2 Å². The van der Waals surface area contributed by atoms with Gasteiger partial charge in [0.25, 0.3) is 0 Å². The van der Waals surface area contributed by atoms with Gasteiger partial charge in [0.15, 0.2) is 0 Å². The lowest BCUT2D eigenvalue weighted by Crippen LogP contribution is -2.05. The van der Waals surface area contributed by atoms with E-state index in [1.807, 2.05) is 50.2 Å². The molecule has 0 spiro atoms. The van der Waals surface area contributed by atoms with Crippen molar-refractivity contribution in [1.29, 1.82) is 0 Å². The van der Waals surface area contributed by atoms with Crippen LogP contribution in [0.5, 0.6) is 5.75 Å². The van der Waals surface area contributed by atoms with Crippen molar-refractivity contribution in [3.63, 3.8) is 0 Å². The number of rotatable bonds is 4. The van der Waals surface area contributed by atoms with Gasteiger partial charge in [-0.3, -0.25) is 0 Å². The van der Waals surface area contributed by atoms with E-state index >= 15 is 0 Å². The first-order chi connectivity index (χ1) is 12.6. The third kappa shape index (κ3) is 3.06. The van der Waals surface area contributed by atoms with Crippen molar-refractivity contribution in [3.05, 3.63) is 75.9 Å². The Bertz CT molecular complexity index is 1130. The van der Waals surface area contributed by atoms with Crippen LogP contribution in [0.15, 0.2) is 58.0 Å². The molecule has 0 saturated carbocycles. The van der Waals surface area contributed by atoms with Gasteiger partial charge in [-0.25, -0.2) is 9.48 Å². The van der Waals surface area contributed by atoms with Crippen LogP contribution < -0.4 is 10.4 Å². The van der Waals surface area contributed by atoms with Gasteiger partial charge in [-0.2, -0.15) is 0 Å². The zero-order valence-electron chi connectivity index (χ0n) is 14.3. The van der Waals surface area contributed by atoms with Crippen LogP contribution >= 0.6 is 0 Å². The van der Waals surface area contributed by atoms with Crippen molar-refractivity contribution in [1.82, 2.24) is 20.2 Å². The lowest BCUT2D eigenvalue weighted by molar-refractivity contribution is 0.306. The summed E-state index contributed by atoms with van der Waals surface area (Å²) in [6.07, 6.45) is 1.51. The van der Waals surface area contributed by atoms with E-state index in [4.69, 9.17) is 9.15 Å². The molecule has 2 aromatic carbocycles. The van der Waals surface area contributed by atoms with Gasteiger partial charge < -0.3 is 9.15 Å². The maximum absolute atomic E-state index is 11.9. The first-order valence-corrected chi connectivity index (χ1v) is 8.10. The zero-order valence-corrected chi connectivity index (χ0v) is 14.3. The van der Waals surface area contributed by atoms with Gasteiger partial charge in [-0.05, 0) is 59.7 Å². The van der Waals surface area contributed by atoms with Crippen LogP contribution in [0.4, 0.5) is 0 Å². The Morgan fingerprint density at radius 2 is 1.96 bits per heavy atom. The standard InChI is InChI=1S/C19H16N4O3/c1-12-6-17-14(8-19(24)26-18(17)7-13(12)2)10-25-16-5-3-4-15(9-16)23-11-20-21-22-23/h3-9,11H,10H2,1-2H3. The van der Waals surface area contributed by atoms with Crippen molar-refractivity contribution in [2.75, 3.05) is 0 Å². The molecule has 0 aliphatic heterocycles. The number of hydrogen-bond acceptors (Lipinski definition) is 6. The molecular weight excluding hydrogens is 332 g/mol. The van der Waals surface area contributed by atoms with E-state index in [2.05, 4.69) is 15.5 Å². The average Bonchev–Trinajstić information content (AvgIpc) is 3.16. The summed E-state index contributed by atoms with van der Waals surface area (Å²) in [5.41, 5.74) is 3.97. The predicted octanol–water partition coefficient (Wildman–Crippen LogP) is 2.96. The molecule has 7 nitrogen and oxygen atoms in total. The Morgan fingerprint density at radius 3 is 2.77 bits per heavy atom. The summed E-state index contributed by atoms with van der Waals surface area (Å²) < 4.78 is 12.8. The molecule has 0 aliphatic rings. The summed E-state index contributed by atoms with van der Waals surface area (Å²) in [4.78, 5) is 11.9. The highest BCUT2D eigenvalue weighted by molar-refractivity contribution is 5.81. The van der Waals surface area contributed by atoms with E-state index in [0.717, 1.165) is 27.8 Å². The zero-order chi connectivity index (χ0) is 18.1. The average molecular weight is 348 g/mol. The molecule has 26 heavy (non-hydrogen) atoms. The van der Waals surface area contributed by atoms with Gasteiger partial charge in [0.1, 0.15) is 24.3 Å². The quantitative estimate of drug-likeness (QED) is 0.527. The number of tetrazole rings is 1. The predicted molar refractivity (Wildman–Crippen MR) is 95.4 cm³/mol. The largest absolute Gasteiger partial charge is 0.489 e. The minimum atomic E-state index is -0.387. The summed E-state index contributed by atoms with van der Waals surface area (Å²) in [5.74, 6) is 0.656. The number of aromatic nitrogens is 4. The van der Waals surface area contributed by atoms with Crippen LogP contribution in [0.3, 0.4) is 0 Å². The number of hydrogen-bond donors (Lipinski definition) is 0. The molecule has 0 bridgehead atoms. The van der Waals surface area contributed by atoms with Crippen molar-refractivity contribution >= 4 is 11.0 Å². The van der Waals surface area contributed by atoms with Crippen LogP contribution in [-0.4, -0.2) is 20.2 Å². The Morgan fingerprint density at radius 1 is 1.12 bits per heavy atom. The number of aryl methyl sites for hydroxylation is 2. The first kappa shape index (κ1) is 16.0. The molecule has 4 aromatic rings. The number of benzene rings is 2. The van der Waals surface area contributed by atoms with Crippen LogP contribution in [-0.2, 0) is 6.61 Å². The highest BCUT2D eigenvalue weighted by Gasteiger charge is 2.09. The molecule has 0 unspecified atom stereocenters. The van der Waals surface area contributed by atoms with Gasteiger partial charge in [0, 0.05) is 23.1 Å². The normalized spacial score (nSPS) is 11.0. The lowest BCUT2D eigenvalue weighted by Gasteiger charge is -2.10. The van der Waals surface area contributed by atoms with Gasteiger partial charge in [-0.15, -0.1) is 5.10 Å². The van der Waals surface area contributed by atoms with Crippen molar-refractivity contribution in [3.8, 4) is 11.4 Å².